The molecule has 92 valence electrons. The van der Waals surface area contributed by atoms with Crippen LogP contribution in [-0.2, 0) is 0 Å². The number of nitrogens with zero attached hydrogens (tertiary/aromatic N) is 3. The molecule has 0 bridgehead atoms. The Morgan fingerprint density at radius 2 is 2.06 bits per heavy atom. The fourth-order valence-corrected chi connectivity index (χ4v) is 1.74. The van der Waals surface area contributed by atoms with Crippen molar-refractivity contribution in [1.29, 1.82) is 0 Å². The number of hydrogen-bond acceptors (Lipinski definition) is 2. The summed E-state index contributed by atoms with van der Waals surface area (Å²) < 4.78 is 38.9. The lowest BCUT2D eigenvalue weighted by Crippen LogP contribution is -2.24. The van der Waals surface area contributed by atoms with Crippen LogP contribution in [-0.4, -0.2) is 20.9 Å². The molecule has 2 rings (SSSR count). The highest BCUT2D eigenvalue weighted by molar-refractivity contribution is 6.30. The van der Waals surface area contributed by atoms with Crippen molar-refractivity contribution in [3.05, 3.63) is 23.1 Å². The van der Waals surface area contributed by atoms with Crippen LogP contribution in [0.2, 0.25) is 5.15 Å². The smallest absolute Gasteiger partial charge is 0.252 e. The zero-order chi connectivity index (χ0) is 12.8. The van der Waals surface area contributed by atoms with Crippen molar-refractivity contribution in [1.82, 2.24) is 14.8 Å². The van der Waals surface area contributed by atoms with E-state index in [0.29, 0.717) is 16.6 Å². The van der Waals surface area contributed by atoms with Crippen LogP contribution in [0.3, 0.4) is 0 Å². The molecule has 0 N–H and O–H groups in total. The molecular formula is C10H9ClF3N3. The molecule has 7 heteroatoms. The van der Waals surface area contributed by atoms with Gasteiger partial charge in [-0.05, 0) is 13.8 Å². The Bertz CT molecular complexity index is 562. The summed E-state index contributed by atoms with van der Waals surface area (Å²) in [4.78, 5) is 3.83. The maximum absolute atomic E-state index is 12.7. The maximum atomic E-state index is 12.7. The molecule has 1 unspecified atom stereocenters. The van der Waals surface area contributed by atoms with Gasteiger partial charge in [-0.15, -0.1) is 0 Å². The fraction of sp³-hybridized carbons (Fsp3) is 0.400. The first-order valence-corrected chi connectivity index (χ1v) is 5.25. The molecule has 0 saturated heterocycles. The molecule has 0 aliphatic rings. The minimum atomic E-state index is -4.35. The average molecular weight is 264 g/mol. The number of rotatable bonds is 1. The number of fused-ring (bicyclic) bond motifs is 1. The van der Waals surface area contributed by atoms with Crippen LogP contribution in [0, 0.1) is 6.92 Å². The Balaban J connectivity index is 2.66. The molecule has 1 atom stereocenters. The summed E-state index contributed by atoms with van der Waals surface area (Å²) in [5.74, 6) is 0. The van der Waals surface area contributed by atoms with Crippen molar-refractivity contribution >= 4 is 22.5 Å². The lowest BCUT2D eigenvalue weighted by Gasteiger charge is -2.16. The minimum Gasteiger partial charge on any atom is -0.252 e. The largest absolute Gasteiger partial charge is 0.410 e. The van der Waals surface area contributed by atoms with E-state index in [9.17, 15) is 13.2 Å². The fourth-order valence-electron chi connectivity index (χ4n) is 1.59. The summed E-state index contributed by atoms with van der Waals surface area (Å²) in [6, 6.07) is -0.309. The van der Waals surface area contributed by atoms with E-state index in [-0.39, 0.29) is 5.15 Å². The summed E-state index contributed by atoms with van der Waals surface area (Å²) in [6.07, 6.45) is -2.92. The van der Waals surface area contributed by atoms with Crippen LogP contribution in [0.25, 0.3) is 10.9 Å². The molecule has 3 nitrogen and oxygen atoms in total. The van der Waals surface area contributed by atoms with E-state index in [2.05, 4.69) is 10.1 Å². The topological polar surface area (TPSA) is 30.7 Å². The zero-order valence-corrected chi connectivity index (χ0v) is 9.84. The van der Waals surface area contributed by atoms with Gasteiger partial charge < -0.3 is 0 Å². The molecular weight excluding hydrogens is 255 g/mol. The third-order valence-electron chi connectivity index (χ3n) is 2.58. The Morgan fingerprint density at radius 1 is 1.41 bits per heavy atom. The first kappa shape index (κ1) is 12.2. The molecule has 0 aromatic carbocycles. The number of aryl methyl sites for hydroxylation is 1. The van der Waals surface area contributed by atoms with Crippen LogP contribution in [0.5, 0.6) is 0 Å². The Morgan fingerprint density at radius 3 is 2.65 bits per heavy atom. The maximum Gasteiger partial charge on any atom is 0.410 e. The third kappa shape index (κ3) is 2.09. The predicted molar refractivity (Wildman–Crippen MR) is 58.0 cm³/mol. The summed E-state index contributed by atoms with van der Waals surface area (Å²) in [6.45, 7) is 2.69. The molecule has 2 aromatic heterocycles. The second-order valence-electron chi connectivity index (χ2n) is 3.77. The number of halogens is 4. The molecule has 0 spiro atoms. The SMILES string of the molecule is Cc1nn(C(C)C(F)(F)F)c2cc(Cl)ncc12. The van der Waals surface area contributed by atoms with Crippen LogP contribution >= 0.6 is 11.6 Å². The van der Waals surface area contributed by atoms with E-state index in [1.165, 1.54) is 12.3 Å². The molecule has 0 radical (unpaired) electrons. The van der Waals surface area contributed by atoms with E-state index in [1.807, 2.05) is 0 Å². The highest BCUT2D eigenvalue weighted by Gasteiger charge is 2.38. The number of hydrogen-bond donors (Lipinski definition) is 0. The van der Waals surface area contributed by atoms with Gasteiger partial charge in [0.05, 0.1) is 11.2 Å². The van der Waals surface area contributed by atoms with Crippen LogP contribution in [0.4, 0.5) is 13.2 Å². The van der Waals surface area contributed by atoms with Crippen LogP contribution < -0.4 is 0 Å². The second-order valence-corrected chi connectivity index (χ2v) is 4.16. The van der Waals surface area contributed by atoms with Gasteiger partial charge in [0, 0.05) is 17.6 Å². The van der Waals surface area contributed by atoms with E-state index < -0.39 is 12.2 Å². The Hall–Kier alpha value is -1.30. The number of alkyl halides is 3. The molecule has 0 fully saturated rings. The number of aromatic nitrogens is 3. The molecule has 17 heavy (non-hydrogen) atoms. The Labute approximate surface area is 100 Å². The number of pyridine rings is 1. The van der Waals surface area contributed by atoms with E-state index >= 15 is 0 Å². The average Bonchev–Trinajstić information content (AvgIpc) is 2.53. The van der Waals surface area contributed by atoms with Crippen molar-refractivity contribution in [2.24, 2.45) is 0 Å². The summed E-state index contributed by atoms with van der Waals surface area (Å²) in [7, 11) is 0. The lowest BCUT2D eigenvalue weighted by molar-refractivity contribution is -0.164. The molecule has 2 aromatic rings. The standard InChI is InChI=1S/C10H9ClF3N3/c1-5-7-4-15-9(11)3-8(7)17(16-5)6(2)10(12,13)14/h3-4,6H,1-2H3. The Kier molecular flexibility index (Phi) is 2.77. The van der Waals surface area contributed by atoms with Crippen molar-refractivity contribution in [3.8, 4) is 0 Å². The van der Waals surface area contributed by atoms with Crippen molar-refractivity contribution in [2.45, 2.75) is 26.1 Å². The van der Waals surface area contributed by atoms with Crippen molar-refractivity contribution in [3.63, 3.8) is 0 Å². The summed E-state index contributed by atoms with van der Waals surface area (Å²) >= 11 is 5.69. The van der Waals surface area contributed by atoms with Gasteiger partial charge in [-0.25, -0.2) is 4.98 Å². The monoisotopic (exact) mass is 263 g/mol. The first-order chi connectivity index (χ1) is 7.80. The lowest BCUT2D eigenvalue weighted by atomic mass is 10.2. The normalized spacial score (nSPS) is 14.2. The minimum absolute atomic E-state index is 0.146. The van der Waals surface area contributed by atoms with E-state index in [1.54, 1.807) is 6.92 Å². The predicted octanol–water partition coefficient (Wildman–Crippen LogP) is 3.52. The van der Waals surface area contributed by atoms with Crippen LogP contribution in [0.1, 0.15) is 18.7 Å². The van der Waals surface area contributed by atoms with E-state index in [4.69, 9.17) is 11.6 Å². The van der Waals surface area contributed by atoms with Gasteiger partial charge in [0.2, 0.25) is 0 Å². The molecule has 0 aliphatic carbocycles. The van der Waals surface area contributed by atoms with Gasteiger partial charge in [0.1, 0.15) is 11.2 Å². The van der Waals surface area contributed by atoms with E-state index in [0.717, 1.165) is 11.6 Å². The summed E-state index contributed by atoms with van der Waals surface area (Å²) in [5, 5.41) is 4.62. The third-order valence-corrected chi connectivity index (χ3v) is 2.79. The molecule has 0 aliphatic heterocycles. The highest BCUT2D eigenvalue weighted by atomic mass is 35.5. The zero-order valence-electron chi connectivity index (χ0n) is 9.09. The second kappa shape index (κ2) is 3.87. The highest BCUT2D eigenvalue weighted by Crippen LogP contribution is 2.33. The van der Waals surface area contributed by atoms with Gasteiger partial charge in [-0.3, -0.25) is 4.68 Å². The molecule has 0 saturated carbocycles. The van der Waals surface area contributed by atoms with Gasteiger partial charge in [0.25, 0.3) is 0 Å². The van der Waals surface area contributed by atoms with Gasteiger partial charge in [-0.1, -0.05) is 11.6 Å². The van der Waals surface area contributed by atoms with Crippen LogP contribution in [0.15, 0.2) is 12.3 Å². The molecule has 0 amide bonds. The molecule has 2 heterocycles. The van der Waals surface area contributed by atoms with Crippen molar-refractivity contribution < 1.29 is 13.2 Å². The quantitative estimate of drug-likeness (QED) is 0.737. The van der Waals surface area contributed by atoms with Crippen molar-refractivity contribution in [2.75, 3.05) is 0 Å². The summed E-state index contributed by atoms with van der Waals surface area (Å²) in [5.41, 5.74) is 0.840. The first-order valence-electron chi connectivity index (χ1n) is 4.88. The van der Waals surface area contributed by atoms with Gasteiger partial charge in [0.15, 0.2) is 0 Å². The van der Waals surface area contributed by atoms with Gasteiger partial charge >= 0.3 is 6.18 Å². The van der Waals surface area contributed by atoms with Gasteiger partial charge in [-0.2, -0.15) is 18.3 Å².